The summed E-state index contributed by atoms with van der Waals surface area (Å²) >= 11 is 0. The largest absolute Gasteiger partial charge is 0.467 e. The number of rotatable bonds is 3. The van der Waals surface area contributed by atoms with Crippen LogP contribution in [0, 0.1) is 0 Å². The molecular weight excluding hydrogens is 208 g/mol. The zero-order chi connectivity index (χ0) is 11.5. The Morgan fingerprint density at radius 3 is 2.94 bits per heavy atom. The maximum absolute atomic E-state index is 11.2. The molecular formula is C11H12N2O3. The van der Waals surface area contributed by atoms with Crippen molar-refractivity contribution in [1.82, 2.24) is 4.98 Å². The molecule has 2 rings (SSSR count). The van der Waals surface area contributed by atoms with Crippen LogP contribution in [0.25, 0.3) is 11.1 Å². The molecule has 0 saturated carbocycles. The Balaban J connectivity index is 2.18. The molecule has 0 spiro atoms. The van der Waals surface area contributed by atoms with Crippen molar-refractivity contribution >= 4 is 23.1 Å². The first-order valence-corrected chi connectivity index (χ1v) is 4.90. The summed E-state index contributed by atoms with van der Waals surface area (Å²) in [5, 5.41) is 2.83. The zero-order valence-corrected chi connectivity index (χ0v) is 9.06. The van der Waals surface area contributed by atoms with Crippen LogP contribution < -0.4 is 5.32 Å². The molecule has 0 unspecified atom stereocenters. The summed E-state index contributed by atoms with van der Waals surface area (Å²) in [5.41, 5.74) is 1.43. The van der Waals surface area contributed by atoms with E-state index in [9.17, 15) is 4.79 Å². The lowest BCUT2D eigenvalue weighted by atomic mass is 10.3. The number of para-hydroxylation sites is 2. The summed E-state index contributed by atoms with van der Waals surface area (Å²) in [5.74, 6) is -0.359. The minimum absolute atomic E-state index is 0.319. The summed E-state index contributed by atoms with van der Waals surface area (Å²) in [6.45, 7) is 1.68. The fourth-order valence-electron chi connectivity index (χ4n) is 1.35. The van der Waals surface area contributed by atoms with Gasteiger partial charge in [-0.2, -0.15) is 4.98 Å². The quantitative estimate of drug-likeness (QED) is 0.799. The molecule has 0 aliphatic rings. The molecule has 0 aliphatic heterocycles. The van der Waals surface area contributed by atoms with Gasteiger partial charge in [-0.3, -0.25) is 0 Å². The van der Waals surface area contributed by atoms with Crippen LogP contribution in [0.2, 0.25) is 0 Å². The number of nitrogens with zero attached hydrogens (tertiary/aromatic N) is 1. The molecule has 5 nitrogen and oxygen atoms in total. The van der Waals surface area contributed by atoms with Crippen LogP contribution in [0.5, 0.6) is 0 Å². The van der Waals surface area contributed by atoms with E-state index in [1.54, 1.807) is 6.92 Å². The highest BCUT2D eigenvalue weighted by Gasteiger charge is 2.15. The zero-order valence-electron chi connectivity index (χ0n) is 9.06. The SMILES string of the molecule is COC(=O)[C@H](C)Nc1nc2ccccc2o1. The molecule has 0 fully saturated rings. The number of ether oxygens (including phenoxy) is 1. The number of benzene rings is 1. The Morgan fingerprint density at radius 1 is 1.50 bits per heavy atom. The van der Waals surface area contributed by atoms with E-state index in [1.165, 1.54) is 7.11 Å². The molecule has 0 saturated heterocycles. The van der Waals surface area contributed by atoms with Gasteiger partial charge in [0.1, 0.15) is 11.6 Å². The monoisotopic (exact) mass is 220 g/mol. The van der Waals surface area contributed by atoms with E-state index < -0.39 is 6.04 Å². The number of hydrogen-bond donors (Lipinski definition) is 1. The van der Waals surface area contributed by atoms with Gasteiger partial charge >= 0.3 is 5.97 Å². The van der Waals surface area contributed by atoms with Gasteiger partial charge in [0.25, 0.3) is 6.01 Å². The first kappa shape index (κ1) is 10.5. The van der Waals surface area contributed by atoms with Gasteiger partial charge in [-0.05, 0) is 19.1 Å². The summed E-state index contributed by atoms with van der Waals surface area (Å²) in [6, 6.07) is 7.22. The van der Waals surface area contributed by atoms with E-state index >= 15 is 0 Å². The lowest BCUT2D eigenvalue weighted by Crippen LogP contribution is -2.27. The number of carbonyl (C=O) groups excluding carboxylic acids is 1. The third kappa shape index (κ3) is 1.98. The Labute approximate surface area is 92.4 Å². The predicted octanol–water partition coefficient (Wildman–Crippen LogP) is 1.80. The van der Waals surface area contributed by atoms with Gasteiger partial charge in [0.05, 0.1) is 7.11 Å². The second kappa shape index (κ2) is 4.22. The van der Waals surface area contributed by atoms with Crippen molar-refractivity contribution in [2.24, 2.45) is 0 Å². The fraction of sp³-hybridized carbons (Fsp3) is 0.273. The van der Waals surface area contributed by atoms with Crippen LogP contribution in [0.4, 0.5) is 6.01 Å². The fourth-order valence-corrected chi connectivity index (χ4v) is 1.35. The molecule has 0 bridgehead atoms. The van der Waals surface area contributed by atoms with Crippen molar-refractivity contribution < 1.29 is 13.9 Å². The lowest BCUT2D eigenvalue weighted by Gasteiger charge is -2.08. The third-order valence-corrected chi connectivity index (χ3v) is 2.19. The van der Waals surface area contributed by atoms with Crippen LogP contribution in [0.15, 0.2) is 28.7 Å². The second-order valence-electron chi connectivity index (χ2n) is 3.38. The first-order valence-electron chi connectivity index (χ1n) is 4.90. The highest BCUT2D eigenvalue weighted by molar-refractivity contribution is 5.79. The van der Waals surface area contributed by atoms with Crippen molar-refractivity contribution in [3.8, 4) is 0 Å². The molecule has 1 aromatic carbocycles. The molecule has 0 amide bonds. The summed E-state index contributed by atoms with van der Waals surface area (Å²) < 4.78 is 9.99. The van der Waals surface area contributed by atoms with Gasteiger partial charge < -0.3 is 14.5 Å². The average Bonchev–Trinajstić information content (AvgIpc) is 2.69. The molecule has 0 radical (unpaired) electrons. The van der Waals surface area contributed by atoms with Gasteiger partial charge in [0, 0.05) is 0 Å². The smallest absolute Gasteiger partial charge is 0.328 e. The standard InChI is InChI=1S/C11H12N2O3/c1-7(10(14)15-2)12-11-13-8-5-3-4-6-9(8)16-11/h3-7H,1-2H3,(H,12,13)/t7-/m0/s1. The molecule has 1 aromatic heterocycles. The molecule has 1 N–H and O–H groups in total. The number of esters is 1. The van der Waals surface area contributed by atoms with E-state index in [1.807, 2.05) is 24.3 Å². The van der Waals surface area contributed by atoms with Gasteiger partial charge in [-0.15, -0.1) is 0 Å². The van der Waals surface area contributed by atoms with Crippen molar-refractivity contribution in [3.05, 3.63) is 24.3 Å². The molecule has 16 heavy (non-hydrogen) atoms. The molecule has 0 aliphatic carbocycles. The van der Waals surface area contributed by atoms with Crippen LogP contribution in [0.3, 0.4) is 0 Å². The number of hydrogen-bond acceptors (Lipinski definition) is 5. The maximum Gasteiger partial charge on any atom is 0.328 e. The van der Waals surface area contributed by atoms with Gasteiger partial charge in [0.15, 0.2) is 5.58 Å². The molecule has 1 heterocycles. The molecule has 1 atom stereocenters. The van der Waals surface area contributed by atoms with Gasteiger partial charge in [-0.25, -0.2) is 4.79 Å². The molecule has 5 heteroatoms. The number of anilines is 1. The van der Waals surface area contributed by atoms with Crippen molar-refractivity contribution in [1.29, 1.82) is 0 Å². The normalized spacial score (nSPS) is 12.4. The number of fused-ring (bicyclic) bond motifs is 1. The minimum atomic E-state index is -0.488. The van der Waals surface area contributed by atoms with E-state index in [0.717, 1.165) is 5.52 Å². The summed E-state index contributed by atoms with van der Waals surface area (Å²) in [7, 11) is 1.34. The number of methoxy groups -OCH3 is 1. The Bertz CT molecular complexity index is 474. The Kier molecular flexibility index (Phi) is 2.76. The lowest BCUT2D eigenvalue weighted by molar-refractivity contribution is -0.141. The van der Waals surface area contributed by atoms with E-state index in [4.69, 9.17) is 4.42 Å². The van der Waals surface area contributed by atoms with Gasteiger partial charge in [-0.1, -0.05) is 12.1 Å². The topological polar surface area (TPSA) is 64.4 Å². The number of nitrogens with one attached hydrogen (secondary N) is 1. The van der Waals surface area contributed by atoms with E-state index in [2.05, 4.69) is 15.0 Å². The van der Waals surface area contributed by atoms with Crippen molar-refractivity contribution in [2.45, 2.75) is 13.0 Å². The van der Waals surface area contributed by atoms with Crippen molar-refractivity contribution in [3.63, 3.8) is 0 Å². The number of oxazole rings is 1. The maximum atomic E-state index is 11.2. The van der Waals surface area contributed by atoms with E-state index in [-0.39, 0.29) is 5.97 Å². The molecule has 2 aromatic rings. The van der Waals surface area contributed by atoms with Crippen LogP contribution in [-0.2, 0) is 9.53 Å². The summed E-state index contributed by atoms with van der Waals surface area (Å²) in [6.07, 6.45) is 0. The average molecular weight is 220 g/mol. The number of carbonyl (C=O) groups is 1. The summed E-state index contributed by atoms with van der Waals surface area (Å²) in [4.78, 5) is 15.4. The van der Waals surface area contributed by atoms with Crippen LogP contribution >= 0.6 is 0 Å². The van der Waals surface area contributed by atoms with Crippen LogP contribution in [-0.4, -0.2) is 24.1 Å². The highest BCUT2D eigenvalue weighted by atomic mass is 16.5. The van der Waals surface area contributed by atoms with Crippen LogP contribution in [0.1, 0.15) is 6.92 Å². The first-order chi connectivity index (χ1) is 7.70. The second-order valence-corrected chi connectivity index (χ2v) is 3.38. The third-order valence-electron chi connectivity index (χ3n) is 2.19. The van der Waals surface area contributed by atoms with Gasteiger partial charge in [0.2, 0.25) is 0 Å². The Morgan fingerprint density at radius 2 is 2.25 bits per heavy atom. The van der Waals surface area contributed by atoms with Crippen molar-refractivity contribution in [2.75, 3.05) is 12.4 Å². The highest BCUT2D eigenvalue weighted by Crippen LogP contribution is 2.18. The van der Waals surface area contributed by atoms with E-state index in [0.29, 0.717) is 11.6 Å². The predicted molar refractivity (Wildman–Crippen MR) is 59.1 cm³/mol. The minimum Gasteiger partial charge on any atom is -0.467 e. The Hall–Kier alpha value is -2.04. The number of aromatic nitrogens is 1. The molecule has 84 valence electrons.